The predicted octanol–water partition coefficient (Wildman–Crippen LogP) is -2.10. The Kier molecular flexibility index (Phi) is 12.4. The number of hydrogen-bond donors (Lipinski definition) is 6. The Labute approximate surface area is 149 Å². The van der Waals surface area contributed by atoms with Gasteiger partial charge in [0.15, 0.2) is 0 Å². The number of carboxylic acids is 2. The van der Waals surface area contributed by atoms with Crippen molar-refractivity contribution in [3.05, 3.63) is 36.4 Å². The summed E-state index contributed by atoms with van der Waals surface area (Å²) in [4.78, 5) is 33.5. The van der Waals surface area contributed by atoms with E-state index in [0.29, 0.717) is 0 Å². The van der Waals surface area contributed by atoms with Crippen molar-refractivity contribution in [2.45, 2.75) is 24.9 Å². The van der Waals surface area contributed by atoms with Gasteiger partial charge in [-0.3, -0.25) is 9.59 Å². The van der Waals surface area contributed by atoms with Crippen molar-refractivity contribution in [1.82, 2.24) is 19.9 Å². The summed E-state index contributed by atoms with van der Waals surface area (Å²) in [6.07, 6.45) is 6.67. The minimum Gasteiger partial charge on any atom is -0.480 e. The molecule has 0 fully saturated rings. The van der Waals surface area contributed by atoms with Crippen LogP contribution in [0.4, 0.5) is 0 Å². The van der Waals surface area contributed by atoms with E-state index in [-0.39, 0.29) is 37.8 Å². The molecule has 0 bridgehead atoms. The molecule has 2 heterocycles. The van der Waals surface area contributed by atoms with Crippen LogP contribution in [0.15, 0.2) is 25.0 Å². The number of aromatic amines is 2. The number of nitrogens with zero attached hydrogens (tertiary/aromatic N) is 2. The molecule has 0 aliphatic heterocycles. The summed E-state index contributed by atoms with van der Waals surface area (Å²) in [6.45, 7) is 0. The van der Waals surface area contributed by atoms with Gasteiger partial charge >= 0.3 is 11.9 Å². The molecule has 11 nitrogen and oxygen atoms in total. The van der Waals surface area contributed by atoms with E-state index in [9.17, 15) is 9.59 Å². The zero-order valence-corrected chi connectivity index (χ0v) is 15.8. The number of aromatic nitrogens is 4. The molecule has 2 atom stereocenters. The third-order valence-electron chi connectivity index (χ3n) is 2.62. The fourth-order valence-electron chi connectivity index (χ4n) is 1.44. The summed E-state index contributed by atoms with van der Waals surface area (Å²) < 4.78 is 0. The van der Waals surface area contributed by atoms with Crippen molar-refractivity contribution in [2.24, 2.45) is 11.5 Å². The van der Waals surface area contributed by atoms with Gasteiger partial charge in [0.05, 0.1) is 12.7 Å². The molecule has 0 aliphatic carbocycles. The molecule has 0 radical (unpaired) electrons. The average molecular weight is 394 g/mol. The summed E-state index contributed by atoms with van der Waals surface area (Å²) in [7, 11) is 0. The first-order valence-electron chi connectivity index (χ1n) is 6.31. The first kappa shape index (κ1) is 24.1. The Morgan fingerprint density at radius 1 is 0.958 bits per heavy atom. The molecule has 0 saturated carbocycles. The van der Waals surface area contributed by atoms with Crippen molar-refractivity contribution >= 4 is 11.9 Å². The topological polar surface area (TPSA) is 215 Å². The Bertz CT molecular complexity index is 525. The van der Waals surface area contributed by atoms with Gasteiger partial charge < -0.3 is 37.1 Å². The normalized spacial score (nSPS) is 11.8. The minimum absolute atomic E-state index is 0. The van der Waals surface area contributed by atoms with Crippen molar-refractivity contribution < 1.29 is 44.8 Å². The predicted molar refractivity (Wildman–Crippen MR) is 79.4 cm³/mol. The number of rotatable bonds is 6. The third-order valence-corrected chi connectivity index (χ3v) is 2.62. The van der Waals surface area contributed by atoms with Crippen LogP contribution in [0.3, 0.4) is 0 Å². The van der Waals surface area contributed by atoms with Gasteiger partial charge in [-0.15, -0.1) is 0 Å². The summed E-state index contributed by atoms with van der Waals surface area (Å²) in [5.41, 5.74) is 12.0. The molecule has 12 heteroatoms. The van der Waals surface area contributed by atoms with Crippen LogP contribution in [0.5, 0.6) is 0 Å². The zero-order chi connectivity index (χ0) is 16.5. The number of aliphatic carboxylic acids is 2. The van der Waals surface area contributed by atoms with E-state index in [1.54, 1.807) is 12.4 Å². The van der Waals surface area contributed by atoms with E-state index >= 15 is 0 Å². The molecule has 0 saturated heterocycles. The maximum absolute atomic E-state index is 10.3. The molecule has 0 aliphatic rings. The molecular weight excluding hydrogens is 374 g/mol. The van der Waals surface area contributed by atoms with E-state index in [1.165, 1.54) is 12.7 Å². The Hall–Kier alpha value is -2.14. The smallest absolute Gasteiger partial charge is 0.320 e. The molecule has 0 aromatic carbocycles. The molecule has 2 aromatic heterocycles. The van der Waals surface area contributed by atoms with E-state index in [2.05, 4.69) is 19.9 Å². The van der Waals surface area contributed by atoms with Gasteiger partial charge in [-0.1, -0.05) is 0 Å². The van der Waals surface area contributed by atoms with Gasteiger partial charge in [0.25, 0.3) is 0 Å². The van der Waals surface area contributed by atoms with Gasteiger partial charge in [-0.25, -0.2) is 9.97 Å². The number of carboxylic acid groups (broad SMARTS) is 2. The van der Waals surface area contributed by atoms with Crippen molar-refractivity contribution in [2.75, 3.05) is 0 Å². The fourth-order valence-corrected chi connectivity index (χ4v) is 1.44. The van der Waals surface area contributed by atoms with Crippen LogP contribution < -0.4 is 11.5 Å². The first-order chi connectivity index (χ1) is 10.4. The van der Waals surface area contributed by atoms with Gasteiger partial charge in [-0.05, 0) is 0 Å². The minimum atomic E-state index is -1.00. The maximum Gasteiger partial charge on any atom is 0.320 e. The van der Waals surface area contributed by atoms with Gasteiger partial charge in [0, 0.05) is 56.1 Å². The zero-order valence-electron chi connectivity index (χ0n) is 12.8. The van der Waals surface area contributed by atoms with E-state index in [0.717, 1.165) is 11.4 Å². The molecule has 2 rings (SSSR count). The number of imidazole rings is 2. The van der Waals surface area contributed by atoms with E-state index in [1.807, 2.05) is 0 Å². The largest absolute Gasteiger partial charge is 0.480 e. The second kappa shape index (κ2) is 12.3. The van der Waals surface area contributed by atoms with Crippen LogP contribution in [0.2, 0.25) is 0 Å². The molecular formula is C12H20N6O5Zn. The number of nitrogens with one attached hydrogen (secondary N) is 2. The molecule has 0 spiro atoms. The van der Waals surface area contributed by atoms with Gasteiger partial charge in [0.1, 0.15) is 12.1 Å². The van der Waals surface area contributed by atoms with Crippen LogP contribution in [0, 0.1) is 0 Å². The number of H-pyrrole nitrogens is 2. The molecule has 10 N–H and O–H groups in total. The van der Waals surface area contributed by atoms with Crippen LogP contribution in [-0.4, -0.2) is 59.6 Å². The van der Waals surface area contributed by atoms with Gasteiger partial charge in [0.2, 0.25) is 0 Å². The van der Waals surface area contributed by atoms with E-state index in [4.69, 9.17) is 21.7 Å². The van der Waals surface area contributed by atoms with Crippen LogP contribution in [0.25, 0.3) is 0 Å². The Morgan fingerprint density at radius 3 is 1.50 bits per heavy atom. The van der Waals surface area contributed by atoms with Crippen molar-refractivity contribution in [3.8, 4) is 0 Å². The average Bonchev–Trinajstić information content (AvgIpc) is 3.12. The molecule has 2 aromatic rings. The van der Waals surface area contributed by atoms with E-state index < -0.39 is 24.0 Å². The number of nitrogens with two attached hydrogens (primary N) is 2. The van der Waals surface area contributed by atoms with Crippen molar-refractivity contribution in [3.63, 3.8) is 0 Å². The standard InChI is InChI=1S/2C6H9N3O2.H2O.Zn/c2*7-5(6(10)11)1-4-2-8-3-9-4;;/h2*2-3,5H,1,7H2,(H,8,9)(H,10,11);1H2;/t2*5-;;/m00../s1. The summed E-state index contributed by atoms with van der Waals surface area (Å²) in [6, 6.07) is -1.70. The quantitative estimate of drug-likeness (QED) is 0.298. The first-order valence-corrected chi connectivity index (χ1v) is 6.31. The second-order valence-corrected chi connectivity index (χ2v) is 4.45. The third kappa shape index (κ3) is 9.10. The number of hydrogen-bond acceptors (Lipinski definition) is 6. The Morgan fingerprint density at radius 2 is 1.29 bits per heavy atom. The molecule has 0 unspecified atom stereocenters. The fraction of sp³-hybridized carbons (Fsp3) is 0.333. The summed E-state index contributed by atoms with van der Waals surface area (Å²) >= 11 is 0. The Balaban J connectivity index is 0. The molecule has 130 valence electrons. The van der Waals surface area contributed by atoms with Crippen LogP contribution >= 0.6 is 0 Å². The van der Waals surface area contributed by atoms with Crippen molar-refractivity contribution in [1.29, 1.82) is 0 Å². The number of carbonyl (C=O) groups is 2. The van der Waals surface area contributed by atoms with Crippen LogP contribution in [0.1, 0.15) is 11.4 Å². The summed E-state index contributed by atoms with van der Waals surface area (Å²) in [5, 5.41) is 16.8. The van der Waals surface area contributed by atoms with Gasteiger partial charge in [-0.2, -0.15) is 0 Å². The maximum atomic E-state index is 10.3. The van der Waals surface area contributed by atoms with Crippen LogP contribution in [-0.2, 0) is 41.9 Å². The summed E-state index contributed by atoms with van der Waals surface area (Å²) in [5.74, 6) is -2.00. The molecule has 24 heavy (non-hydrogen) atoms. The second-order valence-electron chi connectivity index (χ2n) is 4.45. The monoisotopic (exact) mass is 392 g/mol. The molecule has 0 amide bonds. The SMILES string of the molecule is N[C@@H](Cc1cnc[nH]1)C(=O)O.N[C@@H](Cc1cnc[nH]1)C(=O)O.O.[Zn].